The number of pyridine rings is 1. The summed E-state index contributed by atoms with van der Waals surface area (Å²) in [4.78, 5) is 25.3. The van der Waals surface area contributed by atoms with Crippen LogP contribution >= 0.6 is 15.9 Å². The first kappa shape index (κ1) is 13.5. The van der Waals surface area contributed by atoms with Crippen LogP contribution in [0, 0.1) is 12.7 Å². The quantitative estimate of drug-likeness (QED) is 0.892. The lowest BCUT2D eigenvalue weighted by Crippen LogP contribution is -2.15. The van der Waals surface area contributed by atoms with Crippen molar-refractivity contribution < 1.29 is 9.18 Å². The number of benzene rings is 1. The van der Waals surface area contributed by atoms with Gasteiger partial charge in [0.05, 0.1) is 10.0 Å². The van der Waals surface area contributed by atoms with E-state index in [1.165, 1.54) is 30.5 Å². The Kier molecular flexibility index (Phi) is 3.80. The smallest absolute Gasteiger partial charge is 0.257 e. The Morgan fingerprint density at radius 1 is 1.37 bits per heavy atom. The van der Waals surface area contributed by atoms with Crippen LogP contribution < -0.4 is 10.9 Å². The molecule has 2 N–H and O–H groups in total. The van der Waals surface area contributed by atoms with Crippen LogP contribution in [0.5, 0.6) is 0 Å². The van der Waals surface area contributed by atoms with Crippen molar-refractivity contribution >= 4 is 27.5 Å². The summed E-state index contributed by atoms with van der Waals surface area (Å²) in [6.45, 7) is 1.69. The standard InChI is InChI=1S/C13H10BrFN2O2/c1-7-4-10(15)9(14)5-11(7)17-13(19)8-2-3-12(18)16-6-8/h2-6H,1H3,(H,16,18)(H,17,19). The third kappa shape index (κ3) is 3.08. The molecule has 0 saturated heterocycles. The Balaban J connectivity index is 2.26. The van der Waals surface area contributed by atoms with Gasteiger partial charge in [0.1, 0.15) is 5.82 Å². The first-order valence-corrected chi connectivity index (χ1v) is 6.22. The Labute approximate surface area is 116 Å². The van der Waals surface area contributed by atoms with E-state index in [1.54, 1.807) is 6.92 Å². The van der Waals surface area contributed by atoms with E-state index in [4.69, 9.17) is 0 Å². The molecule has 19 heavy (non-hydrogen) atoms. The summed E-state index contributed by atoms with van der Waals surface area (Å²) in [5.41, 5.74) is 1.15. The molecule has 0 fully saturated rings. The van der Waals surface area contributed by atoms with E-state index in [0.29, 0.717) is 16.8 Å². The first-order chi connectivity index (χ1) is 8.97. The van der Waals surface area contributed by atoms with Crippen molar-refractivity contribution in [3.63, 3.8) is 0 Å². The van der Waals surface area contributed by atoms with Gasteiger partial charge in [-0.15, -0.1) is 0 Å². The summed E-state index contributed by atoms with van der Waals surface area (Å²) in [6, 6.07) is 5.51. The van der Waals surface area contributed by atoms with Gasteiger partial charge in [0.15, 0.2) is 0 Å². The van der Waals surface area contributed by atoms with Gasteiger partial charge in [-0.25, -0.2) is 4.39 Å². The molecule has 2 aromatic rings. The molecule has 0 spiro atoms. The van der Waals surface area contributed by atoms with Crippen LogP contribution in [0.4, 0.5) is 10.1 Å². The molecular weight excluding hydrogens is 315 g/mol. The van der Waals surface area contributed by atoms with E-state index in [0.717, 1.165) is 0 Å². The van der Waals surface area contributed by atoms with Gasteiger partial charge >= 0.3 is 0 Å². The highest BCUT2D eigenvalue weighted by Gasteiger charge is 2.10. The molecule has 0 aliphatic heterocycles. The summed E-state index contributed by atoms with van der Waals surface area (Å²) < 4.78 is 13.5. The lowest BCUT2D eigenvalue weighted by atomic mass is 10.2. The molecular formula is C13H10BrFN2O2. The lowest BCUT2D eigenvalue weighted by Gasteiger charge is -2.09. The molecule has 0 saturated carbocycles. The molecule has 0 atom stereocenters. The Morgan fingerprint density at radius 2 is 2.11 bits per heavy atom. The zero-order chi connectivity index (χ0) is 14.0. The molecule has 1 heterocycles. The fourth-order valence-corrected chi connectivity index (χ4v) is 1.87. The third-order valence-electron chi connectivity index (χ3n) is 2.56. The number of aromatic nitrogens is 1. The highest BCUT2D eigenvalue weighted by atomic mass is 79.9. The fraction of sp³-hybridized carbons (Fsp3) is 0.0769. The summed E-state index contributed by atoms with van der Waals surface area (Å²) >= 11 is 3.06. The fourth-order valence-electron chi connectivity index (χ4n) is 1.53. The number of H-pyrrole nitrogens is 1. The molecule has 1 amide bonds. The van der Waals surface area contributed by atoms with E-state index in [1.807, 2.05) is 0 Å². The number of anilines is 1. The molecule has 0 unspecified atom stereocenters. The number of aromatic amines is 1. The van der Waals surface area contributed by atoms with E-state index in [2.05, 4.69) is 26.2 Å². The van der Waals surface area contributed by atoms with Gasteiger partial charge in [-0.1, -0.05) is 0 Å². The Morgan fingerprint density at radius 3 is 2.74 bits per heavy atom. The Hall–Kier alpha value is -1.95. The van der Waals surface area contributed by atoms with E-state index < -0.39 is 0 Å². The number of carbonyl (C=O) groups is 1. The second kappa shape index (κ2) is 5.36. The van der Waals surface area contributed by atoms with Gasteiger partial charge in [-0.2, -0.15) is 0 Å². The Bertz CT molecular complexity index is 677. The van der Waals surface area contributed by atoms with E-state index in [-0.39, 0.29) is 21.8 Å². The van der Waals surface area contributed by atoms with Crippen molar-refractivity contribution in [1.29, 1.82) is 0 Å². The molecule has 0 aliphatic carbocycles. The van der Waals surface area contributed by atoms with Gasteiger partial charge in [0, 0.05) is 18.0 Å². The summed E-state index contributed by atoms with van der Waals surface area (Å²) in [5.74, 6) is -0.766. The molecule has 1 aromatic heterocycles. The largest absolute Gasteiger partial charge is 0.328 e. The van der Waals surface area contributed by atoms with Crippen LogP contribution in [-0.4, -0.2) is 10.9 Å². The van der Waals surface area contributed by atoms with Crippen molar-refractivity contribution in [2.75, 3.05) is 5.32 Å². The third-order valence-corrected chi connectivity index (χ3v) is 3.17. The number of rotatable bonds is 2. The molecule has 2 rings (SSSR count). The van der Waals surface area contributed by atoms with Crippen molar-refractivity contribution in [1.82, 2.24) is 4.98 Å². The first-order valence-electron chi connectivity index (χ1n) is 5.43. The van der Waals surface area contributed by atoms with Crippen LogP contribution in [0.2, 0.25) is 0 Å². The zero-order valence-electron chi connectivity index (χ0n) is 9.96. The average molecular weight is 325 g/mol. The predicted molar refractivity (Wildman–Crippen MR) is 73.9 cm³/mol. The topological polar surface area (TPSA) is 62.0 Å². The van der Waals surface area contributed by atoms with Gasteiger partial charge in [0.25, 0.3) is 5.91 Å². The number of amides is 1. The van der Waals surface area contributed by atoms with E-state index in [9.17, 15) is 14.0 Å². The van der Waals surface area contributed by atoms with Gasteiger partial charge in [-0.05, 0) is 46.6 Å². The minimum absolute atomic E-state index is 0.273. The number of halogens is 2. The molecule has 98 valence electrons. The van der Waals surface area contributed by atoms with Crippen molar-refractivity contribution in [2.45, 2.75) is 6.92 Å². The van der Waals surface area contributed by atoms with Crippen LogP contribution in [0.1, 0.15) is 15.9 Å². The molecule has 0 radical (unpaired) electrons. The molecule has 6 heteroatoms. The minimum atomic E-state index is -0.389. The summed E-state index contributed by atoms with van der Waals surface area (Å²) in [6.07, 6.45) is 1.32. The highest BCUT2D eigenvalue weighted by Crippen LogP contribution is 2.24. The van der Waals surface area contributed by atoms with Crippen LogP contribution in [0.3, 0.4) is 0 Å². The van der Waals surface area contributed by atoms with Crippen molar-refractivity contribution in [3.05, 3.63) is 62.2 Å². The zero-order valence-corrected chi connectivity index (χ0v) is 11.5. The summed E-state index contributed by atoms with van der Waals surface area (Å²) in [5, 5.41) is 2.66. The van der Waals surface area contributed by atoms with Gasteiger partial charge in [-0.3, -0.25) is 9.59 Å². The van der Waals surface area contributed by atoms with Crippen molar-refractivity contribution in [3.8, 4) is 0 Å². The second-order valence-electron chi connectivity index (χ2n) is 3.98. The predicted octanol–water partition coefficient (Wildman–Crippen LogP) is 2.84. The van der Waals surface area contributed by atoms with Crippen molar-refractivity contribution in [2.24, 2.45) is 0 Å². The van der Waals surface area contributed by atoms with Crippen LogP contribution in [0.25, 0.3) is 0 Å². The van der Waals surface area contributed by atoms with Gasteiger partial charge < -0.3 is 10.3 Å². The number of hydrogen-bond acceptors (Lipinski definition) is 2. The van der Waals surface area contributed by atoms with Crippen LogP contribution in [0.15, 0.2) is 39.7 Å². The molecule has 4 nitrogen and oxygen atoms in total. The average Bonchev–Trinajstić information content (AvgIpc) is 2.36. The maximum absolute atomic E-state index is 13.3. The highest BCUT2D eigenvalue weighted by molar-refractivity contribution is 9.10. The number of carbonyl (C=O) groups excluding carboxylic acids is 1. The normalized spacial score (nSPS) is 10.3. The summed E-state index contributed by atoms with van der Waals surface area (Å²) in [7, 11) is 0. The molecule has 0 bridgehead atoms. The van der Waals surface area contributed by atoms with Crippen LogP contribution in [-0.2, 0) is 0 Å². The number of hydrogen-bond donors (Lipinski definition) is 2. The van der Waals surface area contributed by atoms with E-state index >= 15 is 0 Å². The molecule has 0 aliphatic rings. The lowest BCUT2D eigenvalue weighted by molar-refractivity contribution is 0.102. The monoisotopic (exact) mass is 324 g/mol. The second-order valence-corrected chi connectivity index (χ2v) is 4.83. The SMILES string of the molecule is Cc1cc(F)c(Br)cc1NC(=O)c1ccc(=O)[nH]c1. The maximum Gasteiger partial charge on any atom is 0.257 e. The maximum atomic E-state index is 13.3. The molecule has 1 aromatic carbocycles. The minimum Gasteiger partial charge on any atom is -0.328 e. The van der Waals surface area contributed by atoms with Gasteiger partial charge in [0.2, 0.25) is 5.56 Å². The number of aryl methyl sites for hydroxylation is 1. The number of nitrogens with one attached hydrogen (secondary N) is 2.